The molecule has 1 atom stereocenters. The fourth-order valence-corrected chi connectivity index (χ4v) is 3.71. The number of rotatable bonds is 6. The van der Waals surface area contributed by atoms with Gasteiger partial charge in [0.15, 0.2) is 15.7 Å². The minimum absolute atomic E-state index is 0.181. The van der Waals surface area contributed by atoms with Crippen LogP contribution in [0.1, 0.15) is 35.3 Å². The molecule has 1 unspecified atom stereocenters. The summed E-state index contributed by atoms with van der Waals surface area (Å²) in [6.07, 6.45) is 8.67. The van der Waals surface area contributed by atoms with Gasteiger partial charge < -0.3 is 4.52 Å². The molecule has 0 fully saturated rings. The lowest BCUT2D eigenvalue weighted by Crippen LogP contribution is -2.27. The van der Waals surface area contributed by atoms with Crippen molar-refractivity contribution >= 4 is 9.84 Å². The fourth-order valence-electron chi connectivity index (χ4n) is 3.13. The van der Waals surface area contributed by atoms with Crippen molar-refractivity contribution in [1.82, 2.24) is 15.0 Å². The van der Waals surface area contributed by atoms with Crippen LogP contribution in [0.15, 0.2) is 28.8 Å². The first-order valence-corrected chi connectivity index (χ1v) is 9.77. The predicted octanol–water partition coefficient (Wildman–Crippen LogP) is 1.74. The van der Waals surface area contributed by atoms with Gasteiger partial charge in [-0.1, -0.05) is 35.3 Å². The molecule has 1 aliphatic carbocycles. The highest BCUT2D eigenvalue weighted by molar-refractivity contribution is 7.89. The second-order valence-electron chi connectivity index (χ2n) is 6.04. The third-order valence-corrected chi connectivity index (χ3v) is 4.86. The topological polar surface area (TPSA) is 76.3 Å². The van der Waals surface area contributed by atoms with Gasteiger partial charge in [-0.15, -0.1) is 6.42 Å². The van der Waals surface area contributed by atoms with E-state index in [0.717, 1.165) is 19.1 Å². The van der Waals surface area contributed by atoms with Crippen LogP contribution in [-0.4, -0.2) is 36.3 Å². The molecule has 0 amide bonds. The Morgan fingerprint density at radius 2 is 2.21 bits per heavy atom. The summed E-state index contributed by atoms with van der Waals surface area (Å²) in [4.78, 5) is 6.29. The predicted molar refractivity (Wildman–Crippen MR) is 89.6 cm³/mol. The van der Waals surface area contributed by atoms with Crippen molar-refractivity contribution in [2.75, 3.05) is 12.8 Å². The van der Waals surface area contributed by atoms with Gasteiger partial charge in [0.25, 0.3) is 0 Å². The number of fused-ring (bicyclic) bond motifs is 1. The van der Waals surface area contributed by atoms with Crippen molar-refractivity contribution < 1.29 is 12.9 Å². The van der Waals surface area contributed by atoms with E-state index >= 15 is 0 Å². The van der Waals surface area contributed by atoms with E-state index < -0.39 is 9.84 Å². The van der Waals surface area contributed by atoms with Gasteiger partial charge in [0.05, 0.1) is 13.1 Å². The minimum Gasteiger partial charge on any atom is -0.338 e. The molecule has 0 saturated heterocycles. The molecule has 1 aromatic heterocycles. The van der Waals surface area contributed by atoms with E-state index in [0.29, 0.717) is 19.0 Å². The number of aromatic nitrogens is 2. The second kappa shape index (κ2) is 6.75. The van der Waals surface area contributed by atoms with Crippen LogP contribution in [0.5, 0.6) is 0 Å². The van der Waals surface area contributed by atoms with Crippen molar-refractivity contribution in [1.29, 1.82) is 0 Å². The van der Waals surface area contributed by atoms with Crippen LogP contribution in [0.25, 0.3) is 0 Å². The van der Waals surface area contributed by atoms with Gasteiger partial charge in [-0.05, 0) is 24.0 Å². The van der Waals surface area contributed by atoms with E-state index in [1.165, 1.54) is 11.1 Å². The summed E-state index contributed by atoms with van der Waals surface area (Å²) < 4.78 is 27.8. The zero-order valence-corrected chi connectivity index (χ0v) is 14.3. The maximum Gasteiger partial charge on any atom is 0.240 e. The van der Waals surface area contributed by atoms with Crippen molar-refractivity contribution in [2.45, 2.75) is 31.2 Å². The van der Waals surface area contributed by atoms with E-state index in [-0.39, 0.29) is 17.6 Å². The Morgan fingerprint density at radius 1 is 1.42 bits per heavy atom. The zero-order valence-electron chi connectivity index (χ0n) is 13.5. The van der Waals surface area contributed by atoms with Crippen LogP contribution in [0.2, 0.25) is 0 Å². The molecule has 1 aromatic carbocycles. The van der Waals surface area contributed by atoms with Crippen LogP contribution in [0.3, 0.4) is 0 Å². The summed E-state index contributed by atoms with van der Waals surface area (Å²) in [6.45, 7) is 0.864. The van der Waals surface area contributed by atoms with Crippen LogP contribution < -0.4 is 0 Å². The summed E-state index contributed by atoms with van der Waals surface area (Å²) in [5.41, 5.74) is 2.62. The lowest BCUT2D eigenvalue weighted by Gasteiger charge is -2.26. The molecule has 6 nitrogen and oxygen atoms in total. The quantitative estimate of drug-likeness (QED) is 0.742. The first-order chi connectivity index (χ1) is 11.5. The zero-order chi connectivity index (χ0) is 17.2. The van der Waals surface area contributed by atoms with E-state index in [9.17, 15) is 8.42 Å². The van der Waals surface area contributed by atoms with Crippen molar-refractivity contribution in [2.24, 2.45) is 0 Å². The molecule has 0 bridgehead atoms. The van der Waals surface area contributed by atoms with Crippen LogP contribution in [-0.2, 0) is 28.6 Å². The fraction of sp³-hybridized carbons (Fsp3) is 0.412. The first-order valence-electron chi connectivity index (χ1n) is 7.71. The lowest BCUT2D eigenvalue weighted by atomic mass is 10.1. The van der Waals surface area contributed by atoms with E-state index in [1.54, 1.807) is 0 Å². The smallest absolute Gasteiger partial charge is 0.240 e. The van der Waals surface area contributed by atoms with E-state index in [1.807, 2.05) is 12.1 Å². The standard InChI is InChI=1S/C17H19N3O3S/c1-3-10-20(15-9-8-13-6-4-5-7-14(13)15)11-17-18-16(19-23-17)12-24(2,21)22/h1,4-7,15H,8-12H2,2H3. The van der Waals surface area contributed by atoms with Crippen molar-refractivity contribution in [3.63, 3.8) is 0 Å². The highest BCUT2D eigenvalue weighted by Crippen LogP contribution is 2.36. The van der Waals surface area contributed by atoms with Gasteiger partial charge in [-0.2, -0.15) is 4.98 Å². The van der Waals surface area contributed by atoms with Gasteiger partial charge in [-0.25, -0.2) is 8.42 Å². The number of terminal acetylenes is 1. The van der Waals surface area contributed by atoms with Gasteiger partial charge in [-0.3, -0.25) is 4.90 Å². The third-order valence-electron chi connectivity index (χ3n) is 4.08. The molecule has 2 aromatic rings. The number of aryl methyl sites for hydroxylation is 1. The van der Waals surface area contributed by atoms with Crippen molar-refractivity contribution in [3.8, 4) is 12.3 Å². The first kappa shape index (κ1) is 16.7. The molecule has 3 rings (SSSR count). The molecule has 0 N–H and O–H groups in total. The van der Waals surface area contributed by atoms with Gasteiger partial charge in [0.1, 0.15) is 5.75 Å². The molecule has 1 heterocycles. The number of benzene rings is 1. The average molecular weight is 345 g/mol. The molecule has 7 heteroatoms. The largest absolute Gasteiger partial charge is 0.338 e. The van der Waals surface area contributed by atoms with E-state index in [4.69, 9.17) is 10.9 Å². The Hall–Kier alpha value is -2.17. The summed E-state index contributed by atoms with van der Waals surface area (Å²) >= 11 is 0. The van der Waals surface area contributed by atoms with E-state index in [2.05, 4.69) is 33.1 Å². The Morgan fingerprint density at radius 3 is 2.96 bits per heavy atom. The summed E-state index contributed by atoms with van der Waals surface area (Å²) in [5, 5.41) is 3.74. The SMILES string of the molecule is C#CCN(Cc1nc(CS(C)(=O)=O)no1)C1CCc2ccccc21. The number of hydrogen-bond donors (Lipinski definition) is 0. The van der Waals surface area contributed by atoms with Gasteiger partial charge >= 0.3 is 0 Å². The second-order valence-corrected chi connectivity index (χ2v) is 8.18. The maximum absolute atomic E-state index is 11.3. The Bertz CT molecular complexity index is 867. The summed E-state index contributed by atoms with van der Waals surface area (Å²) in [5.74, 6) is 3.02. The number of hydrogen-bond acceptors (Lipinski definition) is 6. The Balaban J connectivity index is 1.77. The third kappa shape index (κ3) is 3.83. The molecule has 126 valence electrons. The molecule has 24 heavy (non-hydrogen) atoms. The van der Waals surface area contributed by atoms with Crippen LogP contribution in [0, 0.1) is 12.3 Å². The Kier molecular flexibility index (Phi) is 4.69. The summed E-state index contributed by atoms with van der Waals surface area (Å²) in [7, 11) is -3.19. The molecule has 0 saturated carbocycles. The monoisotopic (exact) mass is 345 g/mol. The van der Waals surface area contributed by atoms with Crippen LogP contribution in [0.4, 0.5) is 0 Å². The minimum atomic E-state index is -3.19. The van der Waals surface area contributed by atoms with Crippen LogP contribution >= 0.6 is 0 Å². The Labute approximate surface area is 141 Å². The molecule has 0 radical (unpaired) electrons. The van der Waals surface area contributed by atoms with Crippen molar-refractivity contribution in [3.05, 3.63) is 47.1 Å². The maximum atomic E-state index is 11.3. The molecule has 1 aliphatic rings. The average Bonchev–Trinajstić information content (AvgIpc) is 3.12. The molecular formula is C17H19N3O3S. The molecule has 0 aliphatic heterocycles. The van der Waals surface area contributed by atoms with Gasteiger partial charge in [0.2, 0.25) is 5.89 Å². The molecule has 0 spiro atoms. The lowest BCUT2D eigenvalue weighted by molar-refractivity contribution is 0.185. The van der Waals surface area contributed by atoms with Gasteiger partial charge in [0, 0.05) is 12.3 Å². The molecular weight excluding hydrogens is 326 g/mol. The highest BCUT2D eigenvalue weighted by Gasteiger charge is 2.28. The highest BCUT2D eigenvalue weighted by atomic mass is 32.2. The summed E-state index contributed by atoms with van der Waals surface area (Å²) in [6, 6.07) is 8.55. The number of sulfone groups is 1. The normalized spacial score (nSPS) is 17.0. The number of nitrogens with zero attached hydrogens (tertiary/aromatic N) is 3.